The Morgan fingerprint density at radius 3 is 2.52 bits per heavy atom. The van der Waals surface area contributed by atoms with Crippen molar-refractivity contribution in [2.45, 2.75) is 13.5 Å². The van der Waals surface area contributed by atoms with Crippen molar-refractivity contribution in [1.29, 1.82) is 0 Å². The number of nitrogens with zero attached hydrogens (tertiary/aromatic N) is 2. The molecule has 0 aliphatic rings. The maximum absolute atomic E-state index is 13.4. The van der Waals surface area contributed by atoms with Gasteiger partial charge < -0.3 is 16.4 Å². The molecular weight excluding hydrogens is 501 g/mol. The summed E-state index contributed by atoms with van der Waals surface area (Å²) in [6.45, 7) is 1.89. The minimum absolute atomic E-state index is 0. The number of rotatable bonds is 6. The Kier molecular flexibility index (Phi) is 10.2. The summed E-state index contributed by atoms with van der Waals surface area (Å²) in [5.41, 5.74) is 6.84. The Bertz CT molecular complexity index is 1180. The van der Waals surface area contributed by atoms with Crippen LogP contribution in [0.2, 0.25) is 5.02 Å². The first-order chi connectivity index (χ1) is 14.7. The van der Waals surface area contributed by atoms with Crippen LogP contribution < -0.4 is 16.4 Å². The molecule has 0 saturated carbocycles. The van der Waals surface area contributed by atoms with Crippen molar-refractivity contribution in [3.8, 4) is 0 Å². The number of aromatic nitrogens is 2. The van der Waals surface area contributed by atoms with E-state index < -0.39 is 23.4 Å². The molecule has 0 aliphatic carbocycles. The predicted octanol–water partition coefficient (Wildman–Crippen LogP) is 4.38. The molecule has 0 fully saturated rings. The van der Waals surface area contributed by atoms with E-state index in [9.17, 15) is 18.4 Å². The lowest BCUT2D eigenvalue weighted by Gasteiger charge is -2.05. The highest BCUT2D eigenvalue weighted by atomic mass is 35.5. The van der Waals surface area contributed by atoms with Gasteiger partial charge in [-0.05, 0) is 36.8 Å². The number of nitrogens with one attached hydrogen (secondary N) is 3. The van der Waals surface area contributed by atoms with Crippen LogP contribution in [0.4, 0.5) is 20.3 Å². The molecule has 0 unspecified atom stereocenters. The fourth-order valence-electron chi connectivity index (χ4n) is 2.60. The van der Waals surface area contributed by atoms with E-state index in [2.05, 4.69) is 25.8 Å². The summed E-state index contributed by atoms with van der Waals surface area (Å²) in [4.78, 5) is 28.7. The molecule has 33 heavy (non-hydrogen) atoms. The minimum Gasteiger partial charge on any atom is -0.387 e. The van der Waals surface area contributed by atoms with Crippen molar-refractivity contribution < 1.29 is 18.4 Å². The molecule has 0 bridgehead atoms. The van der Waals surface area contributed by atoms with Gasteiger partial charge in [-0.25, -0.2) is 13.8 Å². The number of anilines is 1. The molecule has 2 aromatic carbocycles. The van der Waals surface area contributed by atoms with Crippen LogP contribution in [0.3, 0.4) is 0 Å². The summed E-state index contributed by atoms with van der Waals surface area (Å²) < 4.78 is 26.5. The van der Waals surface area contributed by atoms with E-state index in [0.29, 0.717) is 23.7 Å². The first kappa shape index (κ1) is 27.8. The van der Waals surface area contributed by atoms with E-state index in [1.54, 1.807) is 25.1 Å². The van der Waals surface area contributed by atoms with Crippen LogP contribution in [-0.2, 0) is 6.54 Å². The monoisotopic (exact) mass is 518 g/mol. The van der Waals surface area contributed by atoms with Gasteiger partial charge in [-0.1, -0.05) is 23.7 Å². The summed E-state index contributed by atoms with van der Waals surface area (Å²) in [5.74, 6) is -3.25. The van der Waals surface area contributed by atoms with Crippen LogP contribution in [0.25, 0.3) is 0 Å². The van der Waals surface area contributed by atoms with Crippen LogP contribution in [0.15, 0.2) is 47.5 Å². The molecule has 176 valence electrons. The highest BCUT2D eigenvalue weighted by Gasteiger charge is 2.17. The van der Waals surface area contributed by atoms with E-state index in [1.165, 1.54) is 6.07 Å². The van der Waals surface area contributed by atoms with Gasteiger partial charge in [0.05, 0.1) is 22.1 Å². The standard InChI is InChI=1S/C20H17ClF2N6O2.2ClH/c1-10(24)26-12-4-2-3-11(5-12)9-25-20(31)17-8-18(29-28-17)27-19(30)13-6-15(22)16(23)7-14(13)21;;/h2-8H,9H2,1H3,(H2,24,26)(H,25,31)(H2,27,28,29,30);2*1H. The number of halogens is 5. The van der Waals surface area contributed by atoms with Crippen molar-refractivity contribution in [2.75, 3.05) is 5.32 Å². The van der Waals surface area contributed by atoms with Gasteiger partial charge in [-0.2, -0.15) is 5.10 Å². The van der Waals surface area contributed by atoms with Crippen LogP contribution >= 0.6 is 36.4 Å². The van der Waals surface area contributed by atoms with Crippen LogP contribution in [-0.4, -0.2) is 27.8 Å². The number of benzene rings is 2. The molecule has 8 nitrogen and oxygen atoms in total. The van der Waals surface area contributed by atoms with Crippen molar-refractivity contribution in [3.05, 3.63) is 75.9 Å². The Morgan fingerprint density at radius 2 is 1.82 bits per heavy atom. The van der Waals surface area contributed by atoms with E-state index in [1.807, 2.05) is 6.07 Å². The highest BCUT2D eigenvalue weighted by molar-refractivity contribution is 6.34. The number of amides is 2. The Morgan fingerprint density at radius 1 is 1.12 bits per heavy atom. The Labute approximate surface area is 204 Å². The highest BCUT2D eigenvalue weighted by Crippen LogP contribution is 2.21. The van der Waals surface area contributed by atoms with Crippen molar-refractivity contribution in [2.24, 2.45) is 10.7 Å². The number of carbonyl (C=O) groups is 2. The van der Waals surface area contributed by atoms with E-state index in [0.717, 1.165) is 5.56 Å². The topological polar surface area (TPSA) is 125 Å². The van der Waals surface area contributed by atoms with Crippen LogP contribution in [0.5, 0.6) is 0 Å². The molecule has 1 aromatic heterocycles. The molecule has 5 N–H and O–H groups in total. The average molecular weight is 520 g/mol. The van der Waals surface area contributed by atoms with Gasteiger partial charge in [-0.15, -0.1) is 24.8 Å². The summed E-state index contributed by atoms with van der Waals surface area (Å²) in [5, 5.41) is 11.1. The third-order valence-corrected chi connectivity index (χ3v) is 4.30. The first-order valence-electron chi connectivity index (χ1n) is 8.92. The molecule has 0 spiro atoms. The van der Waals surface area contributed by atoms with Gasteiger partial charge in [0.2, 0.25) is 0 Å². The van der Waals surface area contributed by atoms with Crippen LogP contribution in [0.1, 0.15) is 33.3 Å². The number of nitrogens with two attached hydrogens (primary N) is 1. The SMILES string of the molecule is CC(N)=Nc1cccc(CNC(=O)c2cc(NC(=O)c3cc(F)c(F)cc3Cl)n[nH]2)c1.Cl.Cl. The Hall–Kier alpha value is -3.21. The number of hydrogen-bond donors (Lipinski definition) is 4. The normalized spacial score (nSPS) is 10.6. The molecule has 0 radical (unpaired) electrons. The minimum atomic E-state index is -1.21. The lowest BCUT2D eigenvalue weighted by Crippen LogP contribution is -2.23. The molecule has 3 aromatic rings. The fraction of sp³-hybridized carbons (Fsp3) is 0.100. The van der Waals surface area contributed by atoms with E-state index in [4.69, 9.17) is 17.3 Å². The first-order valence-corrected chi connectivity index (χ1v) is 9.30. The molecule has 1 heterocycles. The molecule has 0 saturated heterocycles. The van der Waals surface area contributed by atoms with Gasteiger partial charge in [0.25, 0.3) is 11.8 Å². The second kappa shape index (κ2) is 12.1. The molecule has 3 rings (SSSR count). The number of H-pyrrole nitrogens is 1. The van der Waals surface area contributed by atoms with E-state index >= 15 is 0 Å². The molecule has 13 heteroatoms. The summed E-state index contributed by atoms with van der Waals surface area (Å²) in [6, 6.07) is 9.83. The van der Waals surface area contributed by atoms with Gasteiger partial charge in [0, 0.05) is 12.6 Å². The molecule has 2 amide bonds. The van der Waals surface area contributed by atoms with Crippen LogP contribution in [0, 0.1) is 11.6 Å². The number of aliphatic imine (C=N–C) groups is 1. The number of aromatic amines is 1. The van der Waals surface area contributed by atoms with Gasteiger partial charge >= 0.3 is 0 Å². The van der Waals surface area contributed by atoms with Gasteiger partial charge in [-0.3, -0.25) is 14.7 Å². The summed E-state index contributed by atoms with van der Waals surface area (Å²) >= 11 is 5.78. The average Bonchev–Trinajstić information content (AvgIpc) is 3.17. The Balaban J connectivity index is 0.00000272. The number of hydrogen-bond acceptors (Lipinski definition) is 4. The summed E-state index contributed by atoms with van der Waals surface area (Å²) in [6.07, 6.45) is 0. The second-order valence-electron chi connectivity index (χ2n) is 6.47. The number of amidine groups is 1. The smallest absolute Gasteiger partial charge is 0.269 e. The largest absolute Gasteiger partial charge is 0.387 e. The quantitative estimate of drug-likeness (QED) is 0.219. The number of carbonyl (C=O) groups excluding carboxylic acids is 2. The predicted molar refractivity (Wildman–Crippen MR) is 127 cm³/mol. The van der Waals surface area contributed by atoms with Gasteiger partial charge in [0.1, 0.15) is 5.69 Å². The van der Waals surface area contributed by atoms with Crippen molar-refractivity contribution >= 4 is 65.6 Å². The molecular formula is C20H19Cl3F2N6O2. The third-order valence-electron chi connectivity index (χ3n) is 3.99. The molecule has 0 atom stereocenters. The zero-order valence-electron chi connectivity index (χ0n) is 17.0. The lowest BCUT2D eigenvalue weighted by atomic mass is 10.2. The fourth-order valence-corrected chi connectivity index (χ4v) is 2.84. The maximum Gasteiger partial charge on any atom is 0.269 e. The lowest BCUT2D eigenvalue weighted by molar-refractivity contribution is 0.0945. The van der Waals surface area contributed by atoms with Gasteiger partial charge in [0.15, 0.2) is 17.5 Å². The zero-order chi connectivity index (χ0) is 22.5. The maximum atomic E-state index is 13.4. The van der Waals surface area contributed by atoms with Crippen molar-refractivity contribution in [3.63, 3.8) is 0 Å². The third kappa shape index (κ3) is 7.41. The van der Waals surface area contributed by atoms with E-state index in [-0.39, 0.29) is 53.5 Å². The second-order valence-corrected chi connectivity index (χ2v) is 6.88. The molecule has 0 aliphatic heterocycles. The van der Waals surface area contributed by atoms with Crippen molar-refractivity contribution in [1.82, 2.24) is 15.5 Å². The summed E-state index contributed by atoms with van der Waals surface area (Å²) in [7, 11) is 0. The zero-order valence-corrected chi connectivity index (χ0v) is 19.4.